The van der Waals surface area contributed by atoms with Gasteiger partial charge in [-0.25, -0.2) is 4.68 Å². The maximum absolute atomic E-state index is 13.5. The van der Waals surface area contributed by atoms with Gasteiger partial charge in [-0.3, -0.25) is 4.79 Å². The van der Waals surface area contributed by atoms with E-state index in [1.165, 1.54) is 0 Å². The normalized spacial score (nSPS) is 15.0. The molecular formula is C24H27N5O4. The number of aliphatic hydroxyl groups excluding tert-OH is 1. The number of allylic oxidation sites excluding steroid dienone is 1. The second-order valence-electron chi connectivity index (χ2n) is 7.61. The van der Waals surface area contributed by atoms with Crippen molar-refractivity contribution in [3.8, 4) is 11.5 Å². The average Bonchev–Trinajstić information content (AvgIpc) is 3.24. The molecule has 1 amide bonds. The maximum Gasteiger partial charge on any atom is 0.255 e. The molecule has 3 N–H and O–H groups in total. The second kappa shape index (κ2) is 9.74. The van der Waals surface area contributed by atoms with Crippen molar-refractivity contribution in [1.82, 2.24) is 14.8 Å². The molecule has 4 rings (SSSR count). The second-order valence-corrected chi connectivity index (χ2v) is 7.61. The van der Waals surface area contributed by atoms with Gasteiger partial charge in [0.2, 0.25) is 5.95 Å². The van der Waals surface area contributed by atoms with Crippen molar-refractivity contribution < 1.29 is 19.4 Å². The molecule has 172 valence electrons. The molecule has 0 spiro atoms. The number of benzene rings is 2. The number of methoxy groups -OCH3 is 2. The zero-order valence-electron chi connectivity index (χ0n) is 18.8. The highest BCUT2D eigenvalue weighted by Crippen LogP contribution is 2.39. The summed E-state index contributed by atoms with van der Waals surface area (Å²) in [7, 11) is 3.19. The van der Waals surface area contributed by atoms with Crippen LogP contribution in [0.5, 0.6) is 11.5 Å². The minimum Gasteiger partial charge on any atom is -0.497 e. The average molecular weight is 450 g/mol. The Bertz CT molecular complexity index is 1170. The maximum atomic E-state index is 13.5. The summed E-state index contributed by atoms with van der Waals surface area (Å²) in [5.41, 5.74) is 2.61. The van der Waals surface area contributed by atoms with Gasteiger partial charge in [-0.05, 0) is 43.7 Å². The molecule has 1 atom stereocenters. The van der Waals surface area contributed by atoms with Gasteiger partial charge in [0.15, 0.2) is 5.82 Å². The Morgan fingerprint density at radius 3 is 2.61 bits per heavy atom. The Kier molecular flexibility index (Phi) is 6.60. The number of carbonyl (C=O) groups excluding carboxylic acids is 1. The van der Waals surface area contributed by atoms with Gasteiger partial charge >= 0.3 is 0 Å². The van der Waals surface area contributed by atoms with Gasteiger partial charge in [-0.1, -0.05) is 18.2 Å². The number of fused-ring (bicyclic) bond motifs is 1. The van der Waals surface area contributed by atoms with Crippen LogP contribution in [0.25, 0.3) is 0 Å². The van der Waals surface area contributed by atoms with Crippen LogP contribution in [0, 0.1) is 0 Å². The Morgan fingerprint density at radius 1 is 1.15 bits per heavy atom. The number of amides is 1. The van der Waals surface area contributed by atoms with Crippen LogP contribution in [-0.2, 0) is 11.2 Å². The first-order valence-corrected chi connectivity index (χ1v) is 10.7. The SMILES string of the molecule is COc1ccc(NC(=O)C2=C(C)Nc3nc(CCCO)nn3C2c2ccccc2OC)cc1. The molecule has 2 heterocycles. The first kappa shape index (κ1) is 22.3. The standard InChI is InChI=1S/C24H27N5O4/c1-15-21(23(31)26-16-10-12-17(32-2)13-11-16)22(18-7-4-5-8-19(18)33-3)29-24(25-15)27-20(28-29)9-6-14-30/h4-5,7-8,10-13,22,30H,6,9,14H2,1-3H3,(H,26,31)(H,25,27,28). The van der Waals surface area contributed by atoms with E-state index in [1.54, 1.807) is 43.2 Å². The molecule has 0 radical (unpaired) electrons. The lowest BCUT2D eigenvalue weighted by molar-refractivity contribution is -0.113. The highest BCUT2D eigenvalue weighted by molar-refractivity contribution is 6.06. The van der Waals surface area contributed by atoms with Crippen LogP contribution in [0.1, 0.15) is 30.8 Å². The lowest BCUT2D eigenvalue weighted by atomic mass is 9.94. The molecule has 1 aliphatic heterocycles. The number of carbonyl (C=O) groups is 1. The molecule has 33 heavy (non-hydrogen) atoms. The minimum atomic E-state index is -0.550. The van der Waals surface area contributed by atoms with Crippen molar-refractivity contribution in [2.45, 2.75) is 25.8 Å². The lowest BCUT2D eigenvalue weighted by Gasteiger charge is -2.29. The molecule has 1 aliphatic rings. The molecule has 0 saturated carbocycles. The monoisotopic (exact) mass is 449 g/mol. The summed E-state index contributed by atoms with van der Waals surface area (Å²) in [6.45, 7) is 1.90. The van der Waals surface area contributed by atoms with Crippen molar-refractivity contribution in [3.05, 3.63) is 71.2 Å². The third-order valence-corrected chi connectivity index (χ3v) is 5.48. The zero-order valence-corrected chi connectivity index (χ0v) is 18.8. The first-order valence-electron chi connectivity index (χ1n) is 10.7. The summed E-state index contributed by atoms with van der Waals surface area (Å²) in [6, 6.07) is 14.2. The summed E-state index contributed by atoms with van der Waals surface area (Å²) >= 11 is 0. The number of nitrogens with one attached hydrogen (secondary N) is 2. The van der Waals surface area contributed by atoms with Gasteiger partial charge in [-0.15, -0.1) is 0 Å². The number of aromatic nitrogens is 3. The number of nitrogens with zero attached hydrogens (tertiary/aromatic N) is 3. The summed E-state index contributed by atoms with van der Waals surface area (Å²) < 4.78 is 12.5. The minimum absolute atomic E-state index is 0.0556. The fourth-order valence-corrected chi connectivity index (χ4v) is 3.89. The summed E-state index contributed by atoms with van der Waals surface area (Å²) in [5.74, 6) is 2.22. The van der Waals surface area contributed by atoms with Gasteiger partial charge in [0, 0.05) is 30.0 Å². The molecular weight excluding hydrogens is 422 g/mol. The van der Waals surface area contributed by atoms with Crippen LogP contribution in [0.2, 0.25) is 0 Å². The van der Waals surface area contributed by atoms with E-state index in [-0.39, 0.29) is 12.5 Å². The largest absolute Gasteiger partial charge is 0.497 e. The highest BCUT2D eigenvalue weighted by atomic mass is 16.5. The predicted molar refractivity (Wildman–Crippen MR) is 125 cm³/mol. The van der Waals surface area contributed by atoms with Crippen LogP contribution < -0.4 is 20.1 Å². The van der Waals surface area contributed by atoms with Crippen molar-refractivity contribution in [2.75, 3.05) is 31.5 Å². The number of hydrogen-bond acceptors (Lipinski definition) is 7. The molecule has 1 aromatic heterocycles. The van der Waals surface area contributed by atoms with Gasteiger partial charge in [-0.2, -0.15) is 10.1 Å². The van der Waals surface area contributed by atoms with E-state index in [9.17, 15) is 9.90 Å². The fraction of sp³-hybridized carbons (Fsp3) is 0.292. The third-order valence-electron chi connectivity index (χ3n) is 5.48. The molecule has 0 aliphatic carbocycles. The van der Waals surface area contributed by atoms with E-state index in [0.717, 1.165) is 5.56 Å². The molecule has 9 nitrogen and oxygen atoms in total. The number of anilines is 2. The van der Waals surface area contributed by atoms with E-state index < -0.39 is 6.04 Å². The molecule has 9 heteroatoms. The molecule has 3 aromatic rings. The Hall–Kier alpha value is -3.85. The first-order chi connectivity index (χ1) is 16.0. The molecule has 1 unspecified atom stereocenters. The molecule has 2 aromatic carbocycles. The summed E-state index contributed by atoms with van der Waals surface area (Å²) in [6.07, 6.45) is 1.09. The van der Waals surface area contributed by atoms with Gasteiger partial charge in [0.05, 0.1) is 19.8 Å². The molecule has 0 saturated heterocycles. The van der Waals surface area contributed by atoms with Crippen LogP contribution in [-0.4, -0.2) is 46.6 Å². The van der Waals surface area contributed by atoms with E-state index in [1.807, 2.05) is 31.2 Å². The smallest absolute Gasteiger partial charge is 0.255 e. The predicted octanol–water partition coefficient (Wildman–Crippen LogP) is 3.15. The number of aryl methyl sites for hydroxylation is 1. The van der Waals surface area contributed by atoms with Gasteiger partial charge < -0.3 is 25.2 Å². The van der Waals surface area contributed by atoms with E-state index >= 15 is 0 Å². The van der Waals surface area contributed by atoms with Crippen molar-refractivity contribution >= 4 is 17.5 Å². The topological polar surface area (TPSA) is 111 Å². The van der Waals surface area contributed by atoms with E-state index in [2.05, 4.69) is 20.7 Å². The number of rotatable bonds is 8. The van der Waals surface area contributed by atoms with Crippen molar-refractivity contribution in [3.63, 3.8) is 0 Å². The van der Waals surface area contributed by atoms with E-state index in [0.29, 0.717) is 53.1 Å². The van der Waals surface area contributed by atoms with Crippen LogP contribution in [0.15, 0.2) is 59.8 Å². The lowest BCUT2D eigenvalue weighted by Crippen LogP contribution is -2.31. The fourth-order valence-electron chi connectivity index (χ4n) is 3.89. The van der Waals surface area contributed by atoms with Crippen LogP contribution >= 0.6 is 0 Å². The Morgan fingerprint density at radius 2 is 1.91 bits per heavy atom. The number of aliphatic hydroxyl groups is 1. The van der Waals surface area contributed by atoms with Crippen molar-refractivity contribution in [1.29, 1.82) is 0 Å². The third kappa shape index (κ3) is 4.54. The number of para-hydroxylation sites is 1. The highest BCUT2D eigenvalue weighted by Gasteiger charge is 2.35. The van der Waals surface area contributed by atoms with E-state index in [4.69, 9.17) is 9.47 Å². The Labute approximate surface area is 192 Å². The van der Waals surface area contributed by atoms with Gasteiger partial charge in [0.25, 0.3) is 5.91 Å². The summed E-state index contributed by atoms with van der Waals surface area (Å²) in [4.78, 5) is 18.1. The number of ether oxygens (including phenoxy) is 2. The van der Waals surface area contributed by atoms with Gasteiger partial charge in [0.1, 0.15) is 17.5 Å². The summed E-state index contributed by atoms with van der Waals surface area (Å²) in [5, 5.41) is 20.0. The Balaban J connectivity index is 1.76. The van der Waals surface area contributed by atoms with Crippen LogP contribution in [0.4, 0.5) is 11.6 Å². The zero-order chi connectivity index (χ0) is 23.4. The molecule has 0 bridgehead atoms. The quantitative estimate of drug-likeness (QED) is 0.484. The van der Waals surface area contributed by atoms with Crippen LogP contribution in [0.3, 0.4) is 0 Å². The number of hydrogen-bond donors (Lipinski definition) is 3. The molecule has 0 fully saturated rings. The van der Waals surface area contributed by atoms with Crippen molar-refractivity contribution in [2.24, 2.45) is 0 Å².